The summed E-state index contributed by atoms with van der Waals surface area (Å²) in [5, 5.41) is 4.14. The maximum absolute atomic E-state index is 12.4. The third-order valence-electron chi connectivity index (χ3n) is 3.68. The van der Waals surface area contributed by atoms with E-state index in [0.29, 0.717) is 28.5 Å². The molecule has 0 spiro atoms. The SMILES string of the molecule is COc1cc(C(=O)N/N=C(/C)c2cc(C)oc2C)cc(OC)c1OC. The van der Waals surface area contributed by atoms with Crippen molar-refractivity contribution < 1.29 is 23.4 Å². The Labute approximate surface area is 146 Å². The molecular weight excluding hydrogens is 324 g/mol. The Balaban J connectivity index is 2.26. The van der Waals surface area contributed by atoms with Crippen LogP contribution in [0.5, 0.6) is 17.2 Å². The first-order chi connectivity index (χ1) is 11.9. The van der Waals surface area contributed by atoms with E-state index in [1.165, 1.54) is 21.3 Å². The van der Waals surface area contributed by atoms with Gasteiger partial charge in [-0.2, -0.15) is 5.10 Å². The van der Waals surface area contributed by atoms with Gasteiger partial charge in [0.2, 0.25) is 5.75 Å². The Morgan fingerprint density at radius 2 is 1.64 bits per heavy atom. The Hall–Kier alpha value is -2.96. The highest BCUT2D eigenvalue weighted by Crippen LogP contribution is 2.38. The number of methoxy groups -OCH3 is 3. The van der Waals surface area contributed by atoms with Gasteiger partial charge in [0.1, 0.15) is 11.5 Å². The zero-order chi connectivity index (χ0) is 18.6. The summed E-state index contributed by atoms with van der Waals surface area (Å²) >= 11 is 0. The van der Waals surface area contributed by atoms with Crippen LogP contribution in [0.2, 0.25) is 0 Å². The first kappa shape index (κ1) is 18.4. The molecule has 2 rings (SSSR count). The number of aryl methyl sites for hydroxylation is 2. The van der Waals surface area contributed by atoms with Crippen molar-refractivity contribution in [2.75, 3.05) is 21.3 Å². The van der Waals surface area contributed by atoms with Crippen LogP contribution >= 0.6 is 0 Å². The Bertz CT molecular complexity index is 783. The number of nitrogens with zero attached hydrogens (tertiary/aromatic N) is 1. The van der Waals surface area contributed by atoms with Crippen LogP contribution in [0.25, 0.3) is 0 Å². The van der Waals surface area contributed by atoms with Crippen LogP contribution in [0.1, 0.15) is 34.4 Å². The molecule has 0 saturated carbocycles. The van der Waals surface area contributed by atoms with E-state index in [1.54, 1.807) is 19.1 Å². The van der Waals surface area contributed by atoms with Crippen LogP contribution < -0.4 is 19.6 Å². The largest absolute Gasteiger partial charge is 0.493 e. The number of carbonyl (C=O) groups is 1. The lowest BCUT2D eigenvalue weighted by Crippen LogP contribution is -2.19. The molecule has 1 heterocycles. The van der Waals surface area contributed by atoms with Gasteiger partial charge < -0.3 is 18.6 Å². The molecule has 1 amide bonds. The average molecular weight is 346 g/mol. The number of benzene rings is 1. The Morgan fingerprint density at radius 3 is 2.08 bits per heavy atom. The molecule has 25 heavy (non-hydrogen) atoms. The molecule has 0 radical (unpaired) electrons. The van der Waals surface area contributed by atoms with Gasteiger partial charge in [-0.05, 0) is 39.0 Å². The second-order valence-corrected chi connectivity index (χ2v) is 5.38. The normalized spacial score (nSPS) is 11.2. The van der Waals surface area contributed by atoms with Crippen LogP contribution in [-0.2, 0) is 0 Å². The minimum Gasteiger partial charge on any atom is -0.493 e. The fourth-order valence-electron chi connectivity index (χ4n) is 2.46. The van der Waals surface area contributed by atoms with E-state index in [1.807, 2.05) is 19.9 Å². The number of rotatable bonds is 6. The maximum atomic E-state index is 12.4. The molecule has 0 aliphatic heterocycles. The van der Waals surface area contributed by atoms with E-state index < -0.39 is 5.91 Å². The van der Waals surface area contributed by atoms with Crippen molar-refractivity contribution in [1.82, 2.24) is 5.43 Å². The first-order valence-electron chi connectivity index (χ1n) is 7.63. The lowest BCUT2D eigenvalue weighted by molar-refractivity contribution is 0.0954. The molecule has 0 fully saturated rings. The molecule has 0 unspecified atom stereocenters. The molecule has 0 aliphatic rings. The number of hydrogen-bond donors (Lipinski definition) is 1. The maximum Gasteiger partial charge on any atom is 0.271 e. The van der Waals surface area contributed by atoms with Gasteiger partial charge >= 0.3 is 0 Å². The zero-order valence-electron chi connectivity index (χ0n) is 15.2. The summed E-state index contributed by atoms with van der Waals surface area (Å²) in [6.07, 6.45) is 0. The Kier molecular flexibility index (Phi) is 5.69. The van der Waals surface area contributed by atoms with Gasteiger partial charge in [0.15, 0.2) is 11.5 Å². The fourth-order valence-corrected chi connectivity index (χ4v) is 2.46. The summed E-state index contributed by atoms with van der Waals surface area (Å²) in [7, 11) is 4.49. The number of hydrogen-bond acceptors (Lipinski definition) is 6. The van der Waals surface area contributed by atoms with Gasteiger partial charge in [-0.15, -0.1) is 0 Å². The number of hydrazone groups is 1. The first-order valence-corrected chi connectivity index (χ1v) is 7.63. The van der Waals surface area contributed by atoms with E-state index in [0.717, 1.165) is 17.1 Å². The summed E-state index contributed by atoms with van der Waals surface area (Å²) in [6.45, 7) is 5.51. The fraction of sp³-hybridized carbons (Fsp3) is 0.333. The average Bonchev–Trinajstić information content (AvgIpc) is 2.96. The van der Waals surface area contributed by atoms with Crippen LogP contribution in [0.3, 0.4) is 0 Å². The van der Waals surface area contributed by atoms with Crippen LogP contribution in [-0.4, -0.2) is 32.9 Å². The van der Waals surface area contributed by atoms with Crippen molar-refractivity contribution in [3.05, 3.63) is 40.8 Å². The predicted octanol–water partition coefficient (Wildman–Crippen LogP) is 3.08. The van der Waals surface area contributed by atoms with Gasteiger partial charge in [0.25, 0.3) is 5.91 Å². The van der Waals surface area contributed by atoms with E-state index in [-0.39, 0.29) is 0 Å². The van der Waals surface area contributed by atoms with E-state index in [4.69, 9.17) is 18.6 Å². The monoisotopic (exact) mass is 346 g/mol. The van der Waals surface area contributed by atoms with Crippen molar-refractivity contribution >= 4 is 11.6 Å². The summed E-state index contributed by atoms with van der Waals surface area (Å²) in [5.74, 6) is 2.36. The summed E-state index contributed by atoms with van der Waals surface area (Å²) in [5.41, 5.74) is 4.37. The van der Waals surface area contributed by atoms with Gasteiger partial charge in [0, 0.05) is 11.1 Å². The summed E-state index contributed by atoms with van der Waals surface area (Å²) in [4.78, 5) is 12.4. The second-order valence-electron chi connectivity index (χ2n) is 5.38. The number of furan rings is 1. The van der Waals surface area contributed by atoms with E-state index >= 15 is 0 Å². The second kappa shape index (κ2) is 7.74. The predicted molar refractivity (Wildman–Crippen MR) is 94.0 cm³/mol. The molecular formula is C18H22N2O5. The summed E-state index contributed by atoms with van der Waals surface area (Å²) in [6, 6.07) is 5.00. The molecule has 1 aromatic heterocycles. The number of ether oxygens (including phenoxy) is 3. The third kappa shape index (κ3) is 3.93. The van der Waals surface area contributed by atoms with Crippen molar-refractivity contribution in [2.24, 2.45) is 5.10 Å². The van der Waals surface area contributed by atoms with Crippen LogP contribution in [0.15, 0.2) is 27.7 Å². The smallest absolute Gasteiger partial charge is 0.271 e. The molecule has 0 saturated heterocycles. The molecule has 0 bridgehead atoms. The molecule has 0 aliphatic carbocycles. The van der Waals surface area contributed by atoms with Gasteiger partial charge in [-0.1, -0.05) is 0 Å². The minimum absolute atomic E-state index is 0.339. The lowest BCUT2D eigenvalue weighted by atomic mass is 10.1. The highest BCUT2D eigenvalue weighted by atomic mass is 16.5. The highest BCUT2D eigenvalue weighted by molar-refractivity contribution is 6.01. The molecule has 1 aromatic carbocycles. The van der Waals surface area contributed by atoms with Crippen LogP contribution in [0.4, 0.5) is 0 Å². The van der Waals surface area contributed by atoms with Crippen molar-refractivity contribution in [3.63, 3.8) is 0 Å². The topological polar surface area (TPSA) is 82.3 Å². The quantitative estimate of drug-likeness (QED) is 0.642. The van der Waals surface area contributed by atoms with Gasteiger partial charge in [0.05, 0.1) is 27.0 Å². The van der Waals surface area contributed by atoms with Crippen LogP contribution in [0, 0.1) is 13.8 Å². The number of carbonyl (C=O) groups excluding carboxylic acids is 1. The number of amides is 1. The highest BCUT2D eigenvalue weighted by Gasteiger charge is 2.17. The molecule has 2 aromatic rings. The number of nitrogens with one attached hydrogen (secondary N) is 1. The Morgan fingerprint density at radius 1 is 1.04 bits per heavy atom. The molecule has 1 N–H and O–H groups in total. The standard InChI is InChI=1S/C18H22N2O5/c1-10-7-14(12(3)25-10)11(2)19-20-18(21)13-8-15(22-4)17(24-6)16(9-13)23-5/h7-9H,1-6H3,(H,20,21)/b19-11-. The van der Waals surface area contributed by atoms with E-state index in [2.05, 4.69) is 10.5 Å². The lowest BCUT2D eigenvalue weighted by Gasteiger charge is -2.13. The molecule has 134 valence electrons. The van der Waals surface area contributed by atoms with Crippen molar-refractivity contribution in [3.8, 4) is 17.2 Å². The molecule has 0 atom stereocenters. The van der Waals surface area contributed by atoms with Crippen molar-refractivity contribution in [1.29, 1.82) is 0 Å². The summed E-state index contributed by atoms with van der Waals surface area (Å²) < 4.78 is 21.2. The zero-order valence-corrected chi connectivity index (χ0v) is 15.2. The van der Waals surface area contributed by atoms with Crippen molar-refractivity contribution in [2.45, 2.75) is 20.8 Å². The van der Waals surface area contributed by atoms with Gasteiger partial charge in [-0.3, -0.25) is 4.79 Å². The minimum atomic E-state index is -0.392. The molecule has 7 heteroatoms. The third-order valence-corrected chi connectivity index (χ3v) is 3.68. The van der Waals surface area contributed by atoms with Gasteiger partial charge in [-0.25, -0.2) is 5.43 Å². The molecule has 7 nitrogen and oxygen atoms in total. The van der Waals surface area contributed by atoms with E-state index in [9.17, 15) is 4.79 Å².